The van der Waals surface area contributed by atoms with Gasteiger partial charge < -0.3 is 14.6 Å². The van der Waals surface area contributed by atoms with Crippen LogP contribution in [0.2, 0.25) is 0 Å². The minimum absolute atomic E-state index is 0.171. The summed E-state index contributed by atoms with van der Waals surface area (Å²) in [5.41, 5.74) is 1.58. The van der Waals surface area contributed by atoms with Gasteiger partial charge in [0.05, 0.1) is 22.8 Å². The molecule has 0 saturated heterocycles. The summed E-state index contributed by atoms with van der Waals surface area (Å²) in [6.07, 6.45) is 2.82. The monoisotopic (exact) mass is 490 g/mol. The smallest absolute Gasteiger partial charge is 0.341 e. The average molecular weight is 491 g/mol. The van der Waals surface area contributed by atoms with Gasteiger partial charge in [-0.15, -0.1) is 32.9 Å². The molecule has 1 aliphatic rings. The summed E-state index contributed by atoms with van der Waals surface area (Å²) in [6, 6.07) is 4.00. The molecule has 0 bridgehead atoms. The lowest BCUT2D eigenvalue weighted by atomic mass is 9.88. The Morgan fingerprint density at radius 3 is 2.91 bits per heavy atom. The van der Waals surface area contributed by atoms with Crippen molar-refractivity contribution in [3.63, 3.8) is 0 Å². The molecule has 170 valence electrons. The molecule has 0 aliphatic heterocycles. The lowest BCUT2D eigenvalue weighted by Crippen LogP contribution is -2.18. The van der Waals surface area contributed by atoms with Gasteiger partial charge in [-0.3, -0.25) is 4.79 Å². The molecule has 1 aliphatic carbocycles. The normalized spacial score (nSPS) is 15.4. The number of esters is 1. The number of carbonyl (C=O) groups is 2. The first-order valence-electron chi connectivity index (χ1n) is 10.7. The van der Waals surface area contributed by atoms with E-state index in [-0.39, 0.29) is 17.6 Å². The Bertz CT molecular complexity index is 1100. The summed E-state index contributed by atoms with van der Waals surface area (Å²) in [5.74, 6) is 1.05. The number of nitrogens with one attached hydrogen (secondary N) is 1. The molecule has 0 spiro atoms. The Labute approximate surface area is 199 Å². The number of carbonyl (C=O) groups excluding carboxylic acids is 2. The van der Waals surface area contributed by atoms with Crippen molar-refractivity contribution in [1.29, 1.82) is 0 Å². The van der Waals surface area contributed by atoms with Crippen molar-refractivity contribution in [3.05, 3.63) is 33.5 Å². The predicted octanol–water partition coefficient (Wildman–Crippen LogP) is 5.12. The van der Waals surface area contributed by atoms with E-state index in [4.69, 9.17) is 4.74 Å². The van der Waals surface area contributed by atoms with Gasteiger partial charge in [0.1, 0.15) is 5.00 Å². The summed E-state index contributed by atoms with van der Waals surface area (Å²) < 4.78 is 7.30. The Hall–Kier alpha value is -2.17. The molecule has 3 aromatic rings. The Balaban J connectivity index is 1.49. The third kappa shape index (κ3) is 4.77. The van der Waals surface area contributed by atoms with Crippen LogP contribution < -0.4 is 5.32 Å². The number of aromatic nitrogens is 3. The molecule has 0 saturated carbocycles. The van der Waals surface area contributed by atoms with Crippen LogP contribution in [-0.4, -0.2) is 39.0 Å². The number of amides is 1. The molecule has 0 aromatic carbocycles. The van der Waals surface area contributed by atoms with Crippen molar-refractivity contribution in [3.8, 4) is 10.7 Å². The highest BCUT2D eigenvalue weighted by Crippen LogP contribution is 2.40. The summed E-state index contributed by atoms with van der Waals surface area (Å²) in [7, 11) is 0. The van der Waals surface area contributed by atoms with E-state index >= 15 is 0 Å². The SMILES string of the molecule is CCOC(=O)c1c(NC(=O)CSc2nnc(-c3cccs3)n2CC)sc2c1CCC(C)C2. The van der Waals surface area contributed by atoms with Crippen LogP contribution in [0.5, 0.6) is 0 Å². The van der Waals surface area contributed by atoms with Gasteiger partial charge in [0.2, 0.25) is 5.91 Å². The first kappa shape index (κ1) is 23.0. The average Bonchev–Trinajstić information content (AvgIpc) is 3.49. The van der Waals surface area contributed by atoms with E-state index < -0.39 is 0 Å². The molecule has 4 rings (SSSR count). The van der Waals surface area contributed by atoms with E-state index in [1.807, 2.05) is 29.0 Å². The Morgan fingerprint density at radius 2 is 2.19 bits per heavy atom. The van der Waals surface area contributed by atoms with E-state index in [9.17, 15) is 9.59 Å². The molecule has 0 radical (unpaired) electrons. The fourth-order valence-electron chi connectivity index (χ4n) is 3.82. The zero-order valence-corrected chi connectivity index (χ0v) is 20.8. The zero-order chi connectivity index (χ0) is 22.7. The fraction of sp³-hybridized carbons (Fsp3) is 0.455. The van der Waals surface area contributed by atoms with E-state index in [0.29, 0.717) is 34.8 Å². The highest BCUT2D eigenvalue weighted by molar-refractivity contribution is 7.99. The number of ether oxygens (including phenoxy) is 1. The van der Waals surface area contributed by atoms with Crippen LogP contribution in [0.15, 0.2) is 22.7 Å². The number of fused-ring (bicyclic) bond motifs is 1. The van der Waals surface area contributed by atoms with E-state index in [0.717, 1.165) is 35.5 Å². The molecule has 10 heteroatoms. The predicted molar refractivity (Wildman–Crippen MR) is 130 cm³/mol. The van der Waals surface area contributed by atoms with Crippen LogP contribution in [0.3, 0.4) is 0 Å². The second-order valence-electron chi connectivity index (χ2n) is 7.64. The molecule has 1 atom stereocenters. The quantitative estimate of drug-likeness (QED) is 0.348. The Kier molecular flexibility index (Phi) is 7.32. The van der Waals surface area contributed by atoms with Gasteiger partial charge in [0.25, 0.3) is 0 Å². The van der Waals surface area contributed by atoms with Crippen LogP contribution in [0.4, 0.5) is 5.00 Å². The van der Waals surface area contributed by atoms with Crippen LogP contribution in [0, 0.1) is 5.92 Å². The third-order valence-corrected chi connectivity index (χ3v) is 8.35. The molecule has 3 heterocycles. The molecular formula is C22H26N4O3S3. The maximum atomic E-state index is 12.8. The van der Waals surface area contributed by atoms with Crippen molar-refractivity contribution >= 4 is 51.3 Å². The third-order valence-electron chi connectivity index (χ3n) is 5.35. The van der Waals surface area contributed by atoms with Gasteiger partial charge >= 0.3 is 5.97 Å². The first-order chi connectivity index (χ1) is 15.5. The first-order valence-corrected chi connectivity index (χ1v) is 13.4. The number of hydrogen-bond donors (Lipinski definition) is 1. The van der Waals surface area contributed by atoms with Crippen LogP contribution >= 0.6 is 34.4 Å². The van der Waals surface area contributed by atoms with Gasteiger partial charge in [0.15, 0.2) is 11.0 Å². The number of nitrogens with zero attached hydrogens (tertiary/aromatic N) is 3. The maximum Gasteiger partial charge on any atom is 0.341 e. The van der Waals surface area contributed by atoms with Crippen LogP contribution in [-0.2, 0) is 28.9 Å². The van der Waals surface area contributed by atoms with Gasteiger partial charge in [0, 0.05) is 11.4 Å². The lowest BCUT2D eigenvalue weighted by molar-refractivity contribution is -0.113. The van der Waals surface area contributed by atoms with Crippen molar-refractivity contribution in [2.24, 2.45) is 5.92 Å². The van der Waals surface area contributed by atoms with Gasteiger partial charge in [-0.1, -0.05) is 24.8 Å². The molecular weight excluding hydrogens is 464 g/mol. The van der Waals surface area contributed by atoms with Gasteiger partial charge in [-0.25, -0.2) is 4.79 Å². The van der Waals surface area contributed by atoms with Crippen molar-refractivity contribution < 1.29 is 14.3 Å². The van der Waals surface area contributed by atoms with E-state index in [2.05, 4.69) is 22.4 Å². The number of anilines is 1. The van der Waals surface area contributed by atoms with Crippen molar-refractivity contribution in [2.45, 2.75) is 51.7 Å². The highest BCUT2D eigenvalue weighted by atomic mass is 32.2. The number of hydrogen-bond acceptors (Lipinski definition) is 8. The van der Waals surface area contributed by atoms with E-state index in [1.54, 1.807) is 18.3 Å². The van der Waals surface area contributed by atoms with Crippen LogP contribution in [0.1, 0.15) is 48.0 Å². The van der Waals surface area contributed by atoms with Crippen molar-refractivity contribution in [2.75, 3.05) is 17.7 Å². The van der Waals surface area contributed by atoms with Crippen molar-refractivity contribution in [1.82, 2.24) is 14.8 Å². The number of thioether (sulfide) groups is 1. The Morgan fingerprint density at radius 1 is 1.34 bits per heavy atom. The van der Waals surface area contributed by atoms with E-state index in [1.165, 1.54) is 28.0 Å². The summed E-state index contributed by atoms with van der Waals surface area (Å²) >= 11 is 4.47. The lowest BCUT2D eigenvalue weighted by Gasteiger charge is -2.18. The van der Waals surface area contributed by atoms with Gasteiger partial charge in [-0.05, 0) is 56.0 Å². The molecule has 32 heavy (non-hydrogen) atoms. The summed E-state index contributed by atoms with van der Waals surface area (Å²) in [6.45, 7) is 7.07. The second-order valence-corrected chi connectivity index (χ2v) is 10.6. The zero-order valence-electron chi connectivity index (χ0n) is 18.3. The molecule has 1 amide bonds. The molecule has 7 nitrogen and oxygen atoms in total. The molecule has 3 aromatic heterocycles. The van der Waals surface area contributed by atoms with Gasteiger partial charge in [-0.2, -0.15) is 0 Å². The number of thiophene rings is 2. The minimum atomic E-state index is -0.353. The summed E-state index contributed by atoms with van der Waals surface area (Å²) in [5, 5.41) is 14.9. The second kappa shape index (κ2) is 10.2. The standard InChI is InChI=1S/C22H26N4O3S3/c1-4-26-19(15-7-6-10-30-15)24-25-22(26)31-12-17(27)23-20-18(21(28)29-5-2)14-9-8-13(3)11-16(14)32-20/h6-7,10,13H,4-5,8-9,11-12H2,1-3H3,(H,23,27). The molecule has 0 fully saturated rings. The molecule has 1 N–H and O–H groups in total. The highest BCUT2D eigenvalue weighted by Gasteiger charge is 2.29. The largest absolute Gasteiger partial charge is 0.462 e. The fourth-order valence-corrected chi connectivity index (χ4v) is 6.75. The summed E-state index contributed by atoms with van der Waals surface area (Å²) in [4.78, 5) is 27.7. The topological polar surface area (TPSA) is 86.1 Å². The van der Waals surface area contributed by atoms with Crippen LogP contribution in [0.25, 0.3) is 10.7 Å². The molecule has 1 unspecified atom stereocenters. The number of rotatable bonds is 8. The maximum absolute atomic E-state index is 12.8. The minimum Gasteiger partial charge on any atom is -0.462 e.